The van der Waals surface area contributed by atoms with Crippen LogP contribution in [0, 0.1) is 16.0 Å². The second-order valence-electron chi connectivity index (χ2n) is 5.65. The molecule has 5 nitrogen and oxygen atoms in total. The second-order valence-corrected chi connectivity index (χ2v) is 5.65. The van der Waals surface area contributed by atoms with E-state index in [0.717, 1.165) is 49.8 Å². The highest BCUT2D eigenvalue weighted by atomic mass is 16.6. The molecule has 2 rings (SSSR count). The number of non-ortho nitro benzene ring substituents is 1. The molecule has 1 unspecified atom stereocenters. The van der Waals surface area contributed by atoms with Crippen molar-refractivity contribution >= 4 is 11.4 Å². The highest BCUT2D eigenvalue weighted by Gasteiger charge is 2.20. The summed E-state index contributed by atoms with van der Waals surface area (Å²) in [6.07, 6.45) is 2.25. The van der Waals surface area contributed by atoms with Gasteiger partial charge >= 0.3 is 0 Å². The first kappa shape index (κ1) is 14.8. The fourth-order valence-electron chi connectivity index (χ4n) is 2.67. The average Bonchev–Trinajstić information content (AvgIpc) is 2.82. The summed E-state index contributed by atoms with van der Waals surface area (Å²) in [6, 6.07) is 5.12. The summed E-state index contributed by atoms with van der Waals surface area (Å²) in [6.45, 7) is 8.20. The van der Waals surface area contributed by atoms with Crippen LogP contribution in [0.1, 0.15) is 32.3 Å². The minimum Gasteiger partial charge on any atom is -0.385 e. The Morgan fingerprint density at radius 2 is 2.30 bits per heavy atom. The lowest BCUT2D eigenvalue weighted by Gasteiger charge is -2.18. The monoisotopic (exact) mass is 277 g/mol. The maximum atomic E-state index is 10.9. The van der Waals surface area contributed by atoms with Crippen LogP contribution in [0.4, 0.5) is 11.4 Å². The standard InChI is InChI=1S/C15H23N3O2/c1-3-7-16-15-5-4-14(18(19)20)9-13(15)11-17-8-6-12(2)10-17/h4-5,9,12,16H,3,6-8,10-11H2,1-2H3. The minimum atomic E-state index is -0.320. The van der Waals surface area contributed by atoms with Gasteiger partial charge in [-0.15, -0.1) is 0 Å². The first-order chi connectivity index (χ1) is 9.60. The number of hydrogen-bond acceptors (Lipinski definition) is 4. The van der Waals surface area contributed by atoms with E-state index in [2.05, 4.69) is 24.1 Å². The highest BCUT2D eigenvalue weighted by Crippen LogP contribution is 2.26. The predicted octanol–water partition coefficient (Wildman–Crippen LogP) is 3.26. The van der Waals surface area contributed by atoms with Gasteiger partial charge < -0.3 is 5.32 Å². The fourth-order valence-corrected chi connectivity index (χ4v) is 2.67. The Hall–Kier alpha value is -1.62. The number of nitro groups is 1. The number of hydrogen-bond donors (Lipinski definition) is 1. The van der Waals surface area contributed by atoms with Gasteiger partial charge in [-0.05, 0) is 36.9 Å². The number of rotatable bonds is 6. The molecule has 0 spiro atoms. The van der Waals surface area contributed by atoms with Crippen molar-refractivity contribution < 1.29 is 4.92 Å². The van der Waals surface area contributed by atoms with Gasteiger partial charge in [-0.1, -0.05) is 13.8 Å². The van der Waals surface area contributed by atoms with E-state index in [-0.39, 0.29) is 10.6 Å². The summed E-state index contributed by atoms with van der Waals surface area (Å²) in [4.78, 5) is 13.0. The van der Waals surface area contributed by atoms with Gasteiger partial charge in [0.1, 0.15) is 0 Å². The number of nitro benzene ring substituents is 1. The van der Waals surface area contributed by atoms with Gasteiger partial charge in [0.2, 0.25) is 0 Å². The van der Waals surface area contributed by atoms with Crippen molar-refractivity contribution in [2.75, 3.05) is 25.0 Å². The Morgan fingerprint density at radius 1 is 1.50 bits per heavy atom. The maximum Gasteiger partial charge on any atom is 0.269 e. The van der Waals surface area contributed by atoms with Crippen molar-refractivity contribution in [1.82, 2.24) is 4.90 Å². The van der Waals surface area contributed by atoms with Crippen molar-refractivity contribution in [2.45, 2.75) is 33.2 Å². The molecule has 1 fully saturated rings. The third-order valence-electron chi connectivity index (χ3n) is 3.77. The molecule has 1 N–H and O–H groups in total. The first-order valence-electron chi connectivity index (χ1n) is 7.33. The molecule has 0 aliphatic carbocycles. The van der Waals surface area contributed by atoms with Crippen LogP contribution in [-0.2, 0) is 6.54 Å². The van der Waals surface area contributed by atoms with E-state index in [1.165, 1.54) is 6.42 Å². The van der Waals surface area contributed by atoms with Crippen molar-refractivity contribution in [3.05, 3.63) is 33.9 Å². The molecule has 1 aliphatic rings. The molecule has 5 heteroatoms. The van der Waals surface area contributed by atoms with Crippen LogP contribution in [0.3, 0.4) is 0 Å². The zero-order chi connectivity index (χ0) is 14.5. The van der Waals surface area contributed by atoms with Crippen LogP contribution in [0.5, 0.6) is 0 Å². The normalized spacial score (nSPS) is 19.2. The molecule has 1 saturated heterocycles. The van der Waals surface area contributed by atoms with Crippen LogP contribution < -0.4 is 5.32 Å². The molecule has 1 heterocycles. The van der Waals surface area contributed by atoms with Crippen LogP contribution >= 0.6 is 0 Å². The van der Waals surface area contributed by atoms with Gasteiger partial charge in [0.15, 0.2) is 0 Å². The highest BCUT2D eigenvalue weighted by molar-refractivity contribution is 5.56. The third-order valence-corrected chi connectivity index (χ3v) is 3.77. The lowest BCUT2D eigenvalue weighted by atomic mass is 10.1. The molecule has 110 valence electrons. The van der Waals surface area contributed by atoms with Crippen molar-refractivity contribution in [2.24, 2.45) is 5.92 Å². The number of nitrogens with zero attached hydrogens (tertiary/aromatic N) is 2. The molecule has 0 radical (unpaired) electrons. The van der Waals surface area contributed by atoms with E-state index >= 15 is 0 Å². The summed E-state index contributed by atoms with van der Waals surface area (Å²) >= 11 is 0. The molecule has 1 atom stereocenters. The Kier molecular flexibility index (Phi) is 4.95. The van der Waals surface area contributed by atoms with Crippen molar-refractivity contribution in [1.29, 1.82) is 0 Å². The van der Waals surface area contributed by atoms with Gasteiger partial charge in [0.25, 0.3) is 5.69 Å². The molecular formula is C15H23N3O2. The zero-order valence-electron chi connectivity index (χ0n) is 12.3. The van der Waals surface area contributed by atoms with Gasteiger partial charge in [-0.25, -0.2) is 0 Å². The van der Waals surface area contributed by atoms with E-state index in [0.29, 0.717) is 0 Å². The molecule has 0 saturated carbocycles. The first-order valence-corrected chi connectivity index (χ1v) is 7.33. The summed E-state index contributed by atoms with van der Waals surface area (Å²) in [5.41, 5.74) is 2.23. The molecule has 1 aliphatic heterocycles. The van der Waals surface area contributed by atoms with Gasteiger partial charge in [-0.3, -0.25) is 15.0 Å². The SMILES string of the molecule is CCCNc1ccc([N+](=O)[O-])cc1CN1CCC(C)C1. The Bertz CT molecular complexity index is 476. The lowest BCUT2D eigenvalue weighted by Crippen LogP contribution is -2.20. The van der Waals surface area contributed by atoms with Crippen molar-refractivity contribution in [3.8, 4) is 0 Å². The number of likely N-dealkylation sites (tertiary alicyclic amines) is 1. The van der Waals surface area contributed by atoms with Crippen LogP contribution in [0.15, 0.2) is 18.2 Å². The fraction of sp³-hybridized carbons (Fsp3) is 0.600. The van der Waals surface area contributed by atoms with E-state index in [9.17, 15) is 10.1 Å². The Labute approximate surface area is 120 Å². The van der Waals surface area contributed by atoms with Crippen LogP contribution in [0.2, 0.25) is 0 Å². The van der Waals surface area contributed by atoms with E-state index in [4.69, 9.17) is 0 Å². The topological polar surface area (TPSA) is 58.4 Å². The van der Waals surface area contributed by atoms with Crippen LogP contribution in [-0.4, -0.2) is 29.5 Å². The summed E-state index contributed by atoms with van der Waals surface area (Å²) < 4.78 is 0. The zero-order valence-corrected chi connectivity index (χ0v) is 12.3. The second kappa shape index (κ2) is 6.70. The molecule has 1 aromatic carbocycles. The summed E-state index contributed by atoms with van der Waals surface area (Å²) in [7, 11) is 0. The molecule has 1 aromatic rings. The average molecular weight is 277 g/mol. The Morgan fingerprint density at radius 3 is 2.90 bits per heavy atom. The number of anilines is 1. The summed E-state index contributed by atoms with van der Waals surface area (Å²) in [5, 5.41) is 14.3. The quantitative estimate of drug-likeness (QED) is 0.640. The molecule has 20 heavy (non-hydrogen) atoms. The van der Waals surface area contributed by atoms with Gasteiger partial charge in [-0.2, -0.15) is 0 Å². The van der Waals surface area contributed by atoms with E-state index < -0.39 is 0 Å². The minimum absolute atomic E-state index is 0.175. The third kappa shape index (κ3) is 3.70. The van der Waals surface area contributed by atoms with Crippen molar-refractivity contribution in [3.63, 3.8) is 0 Å². The summed E-state index contributed by atoms with van der Waals surface area (Å²) in [5.74, 6) is 0.723. The predicted molar refractivity (Wildman–Crippen MR) is 80.9 cm³/mol. The van der Waals surface area contributed by atoms with Gasteiger partial charge in [0, 0.05) is 37.5 Å². The van der Waals surface area contributed by atoms with E-state index in [1.54, 1.807) is 12.1 Å². The Balaban J connectivity index is 2.17. The lowest BCUT2D eigenvalue weighted by molar-refractivity contribution is -0.384. The molecule has 0 amide bonds. The number of nitrogens with one attached hydrogen (secondary N) is 1. The smallest absolute Gasteiger partial charge is 0.269 e. The maximum absolute atomic E-state index is 10.9. The van der Waals surface area contributed by atoms with Gasteiger partial charge in [0.05, 0.1) is 4.92 Å². The molecule has 0 bridgehead atoms. The van der Waals surface area contributed by atoms with E-state index in [1.807, 2.05) is 6.07 Å². The molecule has 0 aromatic heterocycles. The van der Waals surface area contributed by atoms with Crippen LogP contribution in [0.25, 0.3) is 0 Å². The number of benzene rings is 1. The largest absolute Gasteiger partial charge is 0.385 e. The molecular weight excluding hydrogens is 254 g/mol.